The van der Waals surface area contributed by atoms with Gasteiger partial charge in [-0.05, 0) is 30.7 Å². The first-order valence-corrected chi connectivity index (χ1v) is 9.45. The third kappa shape index (κ3) is 2.95. The van der Waals surface area contributed by atoms with Gasteiger partial charge in [0.05, 0.1) is 10.6 Å². The van der Waals surface area contributed by atoms with Crippen molar-refractivity contribution in [2.45, 2.75) is 25.7 Å². The van der Waals surface area contributed by atoms with Gasteiger partial charge in [0.2, 0.25) is 10.0 Å². The summed E-state index contributed by atoms with van der Waals surface area (Å²) in [6.45, 7) is 6.65. The van der Waals surface area contributed by atoms with Crippen LogP contribution in [0.5, 0.6) is 0 Å². The van der Waals surface area contributed by atoms with Crippen molar-refractivity contribution in [1.82, 2.24) is 13.7 Å². The maximum atomic E-state index is 12.5. The molecule has 0 aliphatic rings. The number of aryl methyl sites for hydroxylation is 1. The van der Waals surface area contributed by atoms with Gasteiger partial charge in [0.25, 0.3) is 0 Å². The maximum Gasteiger partial charge on any atom is 0.243 e. The Hall–Kier alpha value is -2.18. The largest absolute Gasteiger partial charge is 0.306 e. The zero-order valence-corrected chi connectivity index (χ0v) is 14.9. The van der Waals surface area contributed by atoms with Gasteiger partial charge in [0.15, 0.2) is 0 Å². The van der Waals surface area contributed by atoms with Gasteiger partial charge in [0.1, 0.15) is 5.65 Å². The van der Waals surface area contributed by atoms with Crippen LogP contribution in [0.15, 0.2) is 53.7 Å². The smallest absolute Gasteiger partial charge is 0.243 e. The van der Waals surface area contributed by atoms with Crippen molar-refractivity contribution in [1.29, 1.82) is 0 Å². The Bertz CT molecular complexity index is 956. The quantitative estimate of drug-likeness (QED) is 0.714. The molecule has 0 aliphatic heterocycles. The number of imidazole rings is 1. The summed E-state index contributed by atoms with van der Waals surface area (Å²) in [4.78, 5) is 4.90. The van der Waals surface area contributed by atoms with E-state index in [-0.39, 0.29) is 0 Å². The molecule has 2 aromatic heterocycles. The van der Waals surface area contributed by atoms with Crippen LogP contribution in [0.2, 0.25) is 0 Å². The highest BCUT2D eigenvalue weighted by atomic mass is 32.2. The molecule has 0 spiro atoms. The number of pyridine rings is 1. The molecule has 3 aromatic rings. The molecule has 0 unspecified atom stereocenters. The molecule has 1 aromatic carbocycles. The van der Waals surface area contributed by atoms with Crippen molar-refractivity contribution in [3.05, 3.63) is 54.4 Å². The summed E-state index contributed by atoms with van der Waals surface area (Å²) in [5.74, 6) is 0. The van der Waals surface area contributed by atoms with E-state index in [0.29, 0.717) is 18.0 Å². The summed E-state index contributed by atoms with van der Waals surface area (Å²) in [7, 11) is -3.42. The highest BCUT2D eigenvalue weighted by Crippen LogP contribution is 2.23. The van der Waals surface area contributed by atoms with Crippen molar-refractivity contribution in [3.8, 4) is 11.3 Å². The molecule has 6 heteroatoms. The standard InChI is InChI=1S/C18H21N3O2S/c1-4-21(5-2)24(22,23)16-9-7-15(8-10-16)17-13-20-12-14(3)6-11-18(20)19-17/h6-13H,4-5H2,1-3H3. The number of benzene rings is 1. The number of nitrogens with zero attached hydrogens (tertiary/aromatic N) is 3. The second-order valence-corrected chi connectivity index (χ2v) is 7.65. The molecule has 0 aliphatic carbocycles. The van der Waals surface area contributed by atoms with Gasteiger partial charge in [-0.15, -0.1) is 0 Å². The lowest BCUT2D eigenvalue weighted by Gasteiger charge is -2.18. The van der Waals surface area contributed by atoms with Crippen LogP contribution in [0.3, 0.4) is 0 Å². The average Bonchev–Trinajstić information content (AvgIpc) is 2.99. The van der Waals surface area contributed by atoms with Gasteiger partial charge < -0.3 is 4.40 Å². The van der Waals surface area contributed by atoms with E-state index < -0.39 is 10.0 Å². The lowest BCUT2D eigenvalue weighted by atomic mass is 10.2. The first-order chi connectivity index (χ1) is 11.5. The Kier molecular flexibility index (Phi) is 4.43. The van der Waals surface area contributed by atoms with E-state index >= 15 is 0 Å². The van der Waals surface area contributed by atoms with Crippen molar-refractivity contribution in [2.24, 2.45) is 0 Å². The highest BCUT2D eigenvalue weighted by molar-refractivity contribution is 7.89. The molecule has 0 radical (unpaired) electrons. The van der Waals surface area contributed by atoms with E-state index in [2.05, 4.69) is 4.98 Å². The van der Waals surface area contributed by atoms with E-state index in [9.17, 15) is 8.42 Å². The van der Waals surface area contributed by atoms with Crippen LogP contribution in [-0.4, -0.2) is 35.2 Å². The van der Waals surface area contributed by atoms with Gasteiger partial charge in [-0.2, -0.15) is 4.31 Å². The van der Waals surface area contributed by atoms with Crippen LogP contribution >= 0.6 is 0 Å². The fourth-order valence-corrected chi connectivity index (χ4v) is 4.21. The Morgan fingerprint density at radius 2 is 1.67 bits per heavy atom. The van der Waals surface area contributed by atoms with Gasteiger partial charge in [-0.3, -0.25) is 0 Å². The Morgan fingerprint density at radius 3 is 2.29 bits per heavy atom. The average molecular weight is 343 g/mol. The molecule has 0 fully saturated rings. The predicted molar refractivity (Wildman–Crippen MR) is 95.5 cm³/mol. The first-order valence-electron chi connectivity index (χ1n) is 8.01. The molecule has 2 heterocycles. The van der Waals surface area contributed by atoms with Crippen LogP contribution in [-0.2, 0) is 10.0 Å². The molecule has 3 rings (SSSR count). The molecule has 5 nitrogen and oxygen atoms in total. The second-order valence-electron chi connectivity index (χ2n) is 5.71. The number of hydrogen-bond donors (Lipinski definition) is 0. The number of sulfonamides is 1. The van der Waals surface area contributed by atoms with Crippen LogP contribution < -0.4 is 0 Å². The van der Waals surface area contributed by atoms with Crippen molar-refractivity contribution < 1.29 is 8.42 Å². The molecule has 0 saturated heterocycles. The van der Waals surface area contributed by atoms with Crippen LogP contribution in [0, 0.1) is 6.92 Å². The zero-order valence-electron chi connectivity index (χ0n) is 14.1. The van der Waals surface area contributed by atoms with E-state index in [0.717, 1.165) is 22.5 Å². The summed E-state index contributed by atoms with van der Waals surface area (Å²) in [6, 6.07) is 10.9. The lowest BCUT2D eigenvalue weighted by molar-refractivity contribution is 0.445. The number of hydrogen-bond acceptors (Lipinski definition) is 3. The third-order valence-electron chi connectivity index (χ3n) is 4.09. The molecular formula is C18H21N3O2S. The first kappa shape index (κ1) is 16.7. The molecule has 0 bridgehead atoms. The minimum absolute atomic E-state index is 0.314. The van der Waals surface area contributed by atoms with Crippen molar-refractivity contribution in [2.75, 3.05) is 13.1 Å². The summed E-state index contributed by atoms with van der Waals surface area (Å²) in [6.07, 6.45) is 3.97. The lowest BCUT2D eigenvalue weighted by Crippen LogP contribution is -2.30. The number of aromatic nitrogens is 2. The molecule has 0 N–H and O–H groups in total. The van der Waals surface area contributed by atoms with Gasteiger partial charge in [-0.1, -0.05) is 32.0 Å². The van der Waals surface area contributed by atoms with Crippen LogP contribution in [0.4, 0.5) is 0 Å². The molecule has 24 heavy (non-hydrogen) atoms. The van der Waals surface area contributed by atoms with Gasteiger partial charge in [-0.25, -0.2) is 13.4 Å². The van der Waals surface area contributed by atoms with Crippen molar-refractivity contribution in [3.63, 3.8) is 0 Å². The monoisotopic (exact) mass is 343 g/mol. The SMILES string of the molecule is CCN(CC)S(=O)(=O)c1ccc(-c2cn3cc(C)ccc3n2)cc1. The third-order valence-corrected chi connectivity index (χ3v) is 6.16. The van der Waals surface area contributed by atoms with E-state index in [1.165, 1.54) is 4.31 Å². The molecular weight excluding hydrogens is 322 g/mol. The zero-order chi connectivity index (χ0) is 17.3. The summed E-state index contributed by atoms with van der Waals surface area (Å²) < 4.78 is 28.5. The number of rotatable bonds is 5. The topological polar surface area (TPSA) is 54.7 Å². The van der Waals surface area contributed by atoms with Crippen molar-refractivity contribution >= 4 is 15.7 Å². The minimum Gasteiger partial charge on any atom is -0.306 e. The van der Waals surface area contributed by atoms with Gasteiger partial charge in [0, 0.05) is 31.0 Å². The fraction of sp³-hybridized carbons (Fsp3) is 0.278. The molecule has 0 saturated carbocycles. The molecule has 126 valence electrons. The summed E-state index contributed by atoms with van der Waals surface area (Å²) >= 11 is 0. The van der Waals surface area contributed by atoms with Crippen LogP contribution in [0.1, 0.15) is 19.4 Å². The minimum atomic E-state index is -3.42. The van der Waals surface area contributed by atoms with E-state index in [1.54, 1.807) is 12.1 Å². The summed E-state index contributed by atoms with van der Waals surface area (Å²) in [5, 5.41) is 0. The predicted octanol–water partition coefficient (Wildman–Crippen LogP) is 3.34. The second kappa shape index (κ2) is 6.37. The Morgan fingerprint density at radius 1 is 1.00 bits per heavy atom. The number of fused-ring (bicyclic) bond motifs is 1. The normalized spacial score (nSPS) is 12.2. The van der Waals surface area contributed by atoms with Gasteiger partial charge >= 0.3 is 0 Å². The maximum absolute atomic E-state index is 12.5. The Balaban J connectivity index is 1.96. The van der Waals surface area contributed by atoms with Crippen LogP contribution in [0.25, 0.3) is 16.9 Å². The fourth-order valence-electron chi connectivity index (χ4n) is 2.75. The highest BCUT2D eigenvalue weighted by Gasteiger charge is 2.21. The summed E-state index contributed by atoms with van der Waals surface area (Å²) in [5.41, 5.74) is 3.75. The Labute approximate surface area is 142 Å². The van der Waals surface area contributed by atoms with E-state index in [4.69, 9.17) is 0 Å². The van der Waals surface area contributed by atoms with E-state index in [1.807, 2.05) is 61.8 Å². The molecule has 0 atom stereocenters. The molecule has 0 amide bonds.